The molecule has 5 rings (SSSR count). The lowest BCUT2D eigenvalue weighted by Gasteiger charge is -2.31. The van der Waals surface area contributed by atoms with Gasteiger partial charge in [0, 0.05) is 29.8 Å². The van der Waals surface area contributed by atoms with Gasteiger partial charge in [-0.2, -0.15) is 13.2 Å². The standard InChI is InChI=1S/C37H39F4N3O9S/c1-36(2,3)53-35(49)43-28(34(47)48)14-19-8-10-20(11-9-19)25-17-26(29(52-4)18-27(25)38)32(45)44-31-22-13-12-21(15-22)30(31)33(46)42-23-6-5-7-24(16-23)54(50,51)37(39,40)41/h5-11,16-18,21-22,28,30-31H,12-15H2,1-4H3,(H,42,46)(H,43,49)(H,44,45)(H,47,48)/t21-,22+,28?,30+,31-/m1/s1. The van der Waals surface area contributed by atoms with Crippen LogP contribution in [0.4, 0.5) is 28.0 Å². The molecule has 2 aliphatic carbocycles. The zero-order valence-electron chi connectivity index (χ0n) is 29.6. The van der Waals surface area contributed by atoms with Gasteiger partial charge in [-0.1, -0.05) is 30.3 Å². The Hall–Kier alpha value is -5.19. The van der Waals surface area contributed by atoms with E-state index in [1.54, 1.807) is 32.9 Å². The largest absolute Gasteiger partial charge is 0.501 e. The fourth-order valence-electron chi connectivity index (χ4n) is 7.03. The molecule has 1 unspecified atom stereocenters. The number of sulfone groups is 1. The Labute approximate surface area is 308 Å². The predicted octanol–water partition coefficient (Wildman–Crippen LogP) is 6.10. The number of aliphatic carboxylic acids is 1. The van der Waals surface area contributed by atoms with Crippen molar-refractivity contribution in [2.24, 2.45) is 17.8 Å². The van der Waals surface area contributed by atoms with E-state index in [1.807, 2.05) is 0 Å². The summed E-state index contributed by atoms with van der Waals surface area (Å²) < 4.78 is 89.2. The van der Waals surface area contributed by atoms with E-state index < -0.39 is 73.5 Å². The Morgan fingerprint density at radius 3 is 2.24 bits per heavy atom. The number of benzene rings is 3. The Balaban J connectivity index is 1.33. The van der Waals surface area contributed by atoms with Crippen LogP contribution in [0.1, 0.15) is 56.0 Å². The van der Waals surface area contributed by atoms with E-state index in [1.165, 1.54) is 31.4 Å². The Morgan fingerprint density at radius 2 is 1.63 bits per heavy atom. The number of carboxylic acids is 1. The first kappa shape index (κ1) is 40.0. The number of alkyl halides is 3. The zero-order valence-corrected chi connectivity index (χ0v) is 30.4. The average molecular weight is 778 g/mol. The third-order valence-corrected chi connectivity index (χ3v) is 10.9. The van der Waals surface area contributed by atoms with E-state index in [9.17, 15) is 45.9 Å². The number of ether oxygens (including phenoxy) is 2. The number of methoxy groups -OCH3 is 1. The van der Waals surface area contributed by atoms with E-state index in [0.29, 0.717) is 30.4 Å². The lowest BCUT2D eigenvalue weighted by Crippen LogP contribution is -2.48. The lowest BCUT2D eigenvalue weighted by atomic mass is 9.83. The minimum absolute atomic E-state index is 0.0186. The molecule has 2 bridgehead atoms. The molecular formula is C37H39F4N3O9S. The van der Waals surface area contributed by atoms with Gasteiger partial charge in [0.25, 0.3) is 15.7 Å². The number of carbonyl (C=O) groups is 4. The van der Waals surface area contributed by atoms with Crippen molar-refractivity contribution in [1.29, 1.82) is 0 Å². The zero-order chi connectivity index (χ0) is 39.7. The van der Waals surface area contributed by atoms with E-state index in [0.717, 1.165) is 24.3 Å². The maximum absolute atomic E-state index is 15.4. The van der Waals surface area contributed by atoms with Gasteiger partial charge in [0.2, 0.25) is 5.91 Å². The van der Waals surface area contributed by atoms with Gasteiger partial charge in [0.05, 0.1) is 23.5 Å². The Kier molecular flexibility index (Phi) is 11.3. The quantitative estimate of drug-likeness (QED) is 0.168. The molecule has 3 aromatic rings. The SMILES string of the molecule is COc1cc(F)c(-c2ccc(CC(NC(=O)OC(C)(C)C)C(=O)O)cc2)cc1C(=O)N[C@@H]1[C@H]2CC[C@H](C2)[C@@H]1C(=O)Nc1cccc(S(=O)(=O)C(F)(F)F)c1. The van der Waals surface area contributed by atoms with Gasteiger partial charge in [0.15, 0.2) is 0 Å². The number of alkyl carbamates (subject to hydrolysis) is 1. The number of fused-ring (bicyclic) bond motifs is 2. The van der Waals surface area contributed by atoms with Crippen LogP contribution in [0, 0.1) is 23.6 Å². The Bertz CT molecular complexity index is 2050. The summed E-state index contributed by atoms with van der Waals surface area (Å²) in [5.74, 6) is -4.44. The van der Waals surface area contributed by atoms with Crippen molar-refractivity contribution < 1.29 is 59.7 Å². The second kappa shape index (κ2) is 15.3. The highest BCUT2D eigenvalue weighted by molar-refractivity contribution is 7.92. The molecule has 0 radical (unpaired) electrons. The molecule has 17 heteroatoms. The van der Waals surface area contributed by atoms with E-state index >= 15 is 4.39 Å². The lowest BCUT2D eigenvalue weighted by molar-refractivity contribution is -0.139. The van der Waals surface area contributed by atoms with Crippen molar-refractivity contribution in [3.05, 3.63) is 77.6 Å². The summed E-state index contributed by atoms with van der Waals surface area (Å²) in [4.78, 5) is 50.4. The maximum Gasteiger partial charge on any atom is 0.501 e. The molecule has 4 N–H and O–H groups in total. The van der Waals surface area contributed by atoms with Crippen LogP contribution >= 0.6 is 0 Å². The number of nitrogens with one attached hydrogen (secondary N) is 3. The number of amides is 3. The summed E-state index contributed by atoms with van der Waals surface area (Å²) in [6, 6.07) is 10.3. The van der Waals surface area contributed by atoms with Gasteiger partial charge >= 0.3 is 17.6 Å². The summed E-state index contributed by atoms with van der Waals surface area (Å²) in [5, 5.41) is 17.4. The molecule has 2 fully saturated rings. The van der Waals surface area contributed by atoms with Crippen molar-refractivity contribution in [2.45, 2.75) is 74.5 Å². The average Bonchev–Trinajstić information content (AvgIpc) is 3.69. The van der Waals surface area contributed by atoms with Crippen molar-refractivity contribution in [2.75, 3.05) is 12.4 Å². The monoisotopic (exact) mass is 777 g/mol. The van der Waals surface area contributed by atoms with Crippen molar-refractivity contribution in [1.82, 2.24) is 10.6 Å². The molecule has 5 atom stereocenters. The third kappa shape index (κ3) is 8.77. The molecule has 0 heterocycles. The molecule has 3 amide bonds. The predicted molar refractivity (Wildman–Crippen MR) is 187 cm³/mol. The number of hydrogen-bond acceptors (Lipinski definition) is 8. The van der Waals surface area contributed by atoms with Gasteiger partial charge in [0.1, 0.15) is 23.2 Å². The summed E-state index contributed by atoms with van der Waals surface area (Å²) in [5.41, 5.74) is -5.72. The van der Waals surface area contributed by atoms with E-state index in [-0.39, 0.29) is 40.8 Å². The second-order valence-corrected chi connectivity index (χ2v) is 16.2. The molecule has 12 nitrogen and oxygen atoms in total. The molecule has 54 heavy (non-hydrogen) atoms. The maximum atomic E-state index is 15.4. The number of hydrogen-bond donors (Lipinski definition) is 4. The van der Waals surface area contributed by atoms with Gasteiger partial charge in [-0.05, 0) is 87.3 Å². The van der Waals surface area contributed by atoms with Crippen LogP contribution in [0.5, 0.6) is 5.75 Å². The first-order chi connectivity index (χ1) is 25.2. The normalized spacial score (nSPS) is 20.1. The molecule has 0 spiro atoms. The van der Waals surface area contributed by atoms with Crippen molar-refractivity contribution >= 4 is 39.4 Å². The van der Waals surface area contributed by atoms with Gasteiger partial charge in [-0.3, -0.25) is 9.59 Å². The topological polar surface area (TPSA) is 177 Å². The number of carboxylic acid groups (broad SMARTS) is 1. The fourth-order valence-corrected chi connectivity index (χ4v) is 7.84. The summed E-state index contributed by atoms with van der Waals surface area (Å²) in [6.45, 7) is 4.91. The van der Waals surface area contributed by atoms with Crippen LogP contribution in [0.3, 0.4) is 0 Å². The van der Waals surface area contributed by atoms with Gasteiger partial charge in [-0.25, -0.2) is 22.4 Å². The first-order valence-corrected chi connectivity index (χ1v) is 18.4. The number of anilines is 1. The first-order valence-electron chi connectivity index (χ1n) is 16.9. The van der Waals surface area contributed by atoms with Crippen LogP contribution < -0.4 is 20.7 Å². The fraction of sp³-hybridized carbons (Fsp3) is 0.405. The van der Waals surface area contributed by atoms with Gasteiger partial charge in [-0.15, -0.1) is 0 Å². The van der Waals surface area contributed by atoms with Crippen LogP contribution in [-0.4, -0.2) is 67.7 Å². The van der Waals surface area contributed by atoms with Crippen molar-refractivity contribution in [3.8, 4) is 16.9 Å². The molecular weight excluding hydrogens is 738 g/mol. The van der Waals surface area contributed by atoms with Crippen molar-refractivity contribution in [3.63, 3.8) is 0 Å². The third-order valence-electron chi connectivity index (χ3n) is 9.46. The number of carbonyl (C=O) groups excluding carboxylic acids is 3. The smallest absolute Gasteiger partial charge is 0.496 e. The van der Waals surface area contributed by atoms with Crippen LogP contribution in [0.2, 0.25) is 0 Å². The second-order valence-electron chi connectivity index (χ2n) is 14.3. The van der Waals surface area contributed by atoms with E-state index in [2.05, 4.69) is 16.0 Å². The number of rotatable bonds is 11. The highest BCUT2D eigenvalue weighted by atomic mass is 32.2. The highest BCUT2D eigenvalue weighted by Gasteiger charge is 2.52. The van der Waals surface area contributed by atoms with Crippen LogP contribution in [-0.2, 0) is 30.6 Å². The summed E-state index contributed by atoms with van der Waals surface area (Å²) >= 11 is 0. The van der Waals surface area contributed by atoms with Crippen LogP contribution in [0.25, 0.3) is 11.1 Å². The Morgan fingerprint density at radius 1 is 0.963 bits per heavy atom. The molecule has 2 saturated carbocycles. The summed E-state index contributed by atoms with van der Waals surface area (Å²) in [6.07, 6.45) is 0.959. The van der Waals surface area contributed by atoms with Gasteiger partial charge < -0.3 is 30.5 Å². The molecule has 2 aliphatic rings. The summed E-state index contributed by atoms with van der Waals surface area (Å²) in [7, 11) is -4.40. The molecule has 3 aromatic carbocycles. The number of halogens is 4. The minimum Gasteiger partial charge on any atom is -0.496 e. The molecule has 0 aromatic heterocycles. The minimum atomic E-state index is -5.66. The van der Waals surface area contributed by atoms with Crippen LogP contribution in [0.15, 0.2) is 65.6 Å². The molecule has 0 saturated heterocycles. The molecule has 290 valence electrons. The molecule has 0 aliphatic heterocycles. The van der Waals surface area contributed by atoms with E-state index in [4.69, 9.17) is 9.47 Å². The highest BCUT2D eigenvalue weighted by Crippen LogP contribution is 2.49.